The number of nitrogens with zero attached hydrogens (tertiary/aromatic N) is 4. The Morgan fingerprint density at radius 3 is 2.36 bits per heavy atom. The van der Waals surface area contributed by atoms with Crippen LogP contribution >= 0.6 is 0 Å². The third kappa shape index (κ3) is 3.31. The Morgan fingerprint density at radius 1 is 1.32 bits per heavy atom. The zero-order chi connectivity index (χ0) is 16.5. The highest BCUT2D eigenvalue weighted by Gasteiger charge is 2.37. The molecule has 1 fully saturated rings. The van der Waals surface area contributed by atoms with Crippen LogP contribution in [0.15, 0.2) is 6.07 Å². The van der Waals surface area contributed by atoms with Crippen molar-refractivity contribution >= 4 is 17.7 Å². The van der Waals surface area contributed by atoms with Gasteiger partial charge in [-0.3, -0.25) is 4.79 Å². The highest BCUT2D eigenvalue weighted by molar-refractivity contribution is 5.74. The van der Waals surface area contributed by atoms with Crippen LogP contribution in [-0.4, -0.2) is 48.2 Å². The molecule has 0 amide bonds. The Balaban J connectivity index is 2.24. The van der Waals surface area contributed by atoms with Crippen LogP contribution in [-0.2, 0) is 4.79 Å². The van der Waals surface area contributed by atoms with Crippen LogP contribution in [0.3, 0.4) is 0 Å². The minimum Gasteiger partial charge on any atom is -0.481 e. The summed E-state index contributed by atoms with van der Waals surface area (Å²) in [5, 5.41) is 9.34. The fourth-order valence-corrected chi connectivity index (χ4v) is 2.54. The number of piperidine rings is 1. The molecule has 0 bridgehead atoms. The first-order valence-electron chi connectivity index (χ1n) is 7.77. The van der Waals surface area contributed by atoms with Crippen LogP contribution in [0.25, 0.3) is 0 Å². The third-order valence-electron chi connectivity index (χ3n) is 4.42. The summed E-state index contributed by atoms with van der Waals surface area (Å²) in [6.07, 6.45) is 1.28. The monoisotopic (exact) mass is 306 g/mol. The number of carboxylic acid groups (broad SMARTS) is 1. The Hall–Kier alpha value is -1.85. The van der Waals surface area contributed by atoms with Crippen molar-refractivity contribution in [1.82, 2.24) is 9.97 Å². The molecular weight excluding hydrogens is 280 g/mol. The molecule has 0 atom stereocenters. The molecule has 6 nitrogen and oxygen atoms in total. The first-order valence-corrected chi connectivity index (χ1v) is 7.77. The zero-order valence-corrected chi connectivity index (χ0v) is 14.1. The van der Waals surface area contributed by atoms with Crippen LogP contribution in [0.4, 0.5) is 11.8 Å². The van der Waals surface area contributed by atoms with E-state index in [9.17, 15) is 9.90 Å². The molecule has 1 aromatic heterocycles. The molecule has 0 aliphatic carbocycles. The number of aromatic nitrogens is 2. The normalized spacial score (nSPS) is 17.6. The molecule has 22 heavy (non-hydrogen) atoms. The quantitative estimate of drug-likeness (QED) is 0.921. The van der Waals surface area contributed by atoms with Gasteiger partial charge in [-0.05, 0) is 25.7 Å². The average Bonchev–Trinajstić information content (AvgIpc) is 2.47. The van der Waals surface area contributed by atoms with Crippen LogP contribution in [0.2, 0.25) is 0 Å². The average molecular weight is 306 g/mol. The Kier molecular flexibility index (Phi) is 4.58. The Labute approximate surface area is 132 Å². The fourth-order valence-electron chi connectivity index (χ4n) is 2.54. The van der Waals surface area contributed by atoms with Crippen molar-refractivity contribution in [3.8, 4) is 0 Å². The molecule has 1 aliphatic heterocycles. The molecule has 0 spiro atoms. The lowest BCUT2D eigenvalue weighted by molar-refractivity contribution is -0.149. The summed E-state index contributed by atoms with van der Waals surface area (Å²) < 4.78 is 0. The molecule has 1 saturated heterocycles. The van der Waals surface area contributed by atoms with Gasteiger partial charge in [0.15, 0.2) is 0 Å². The summed E-state index contributed by atoms with van der Waals surface area (Å²) in [7, 11) is 3.86. The molecule has 0 radical (unpaired) electrons. The second-order valence-corrected chi connectivity index (χ2v) is 6.85. The smallest absolute Gasteiger partial charge is 0.309 e. The molecule has 2 rings (SSSR count). The number of carbonyl (C=O) groups is 1. The maximum absolute atomic E-state index is 11.4. The van der Waals surface area contributed by atoms with E-state index in [0.29, 0.717) is 37.8 Å². The largest absolute Gasteiger partial charge is 0.481 e. The van der Waals surface area contributed by atoms with Crippen molar-refractivity contribution in [2.24, 2.45) is 5.41 Å². The van der Waals surface area contributed by atoms with E-state index in [-0.39, 0.29) is 0 Å². The number of carboxylic acids is 1. The van der Waals surface area contributed by atoms with Crippen molar-refractivity contribution in [2.75, 3.05) is 37.0 Å². The third-order valence-corrected chi connectivity index (χ3v) is 4.42. The summed E-state index contributed by atoms with van der Waals surface area (Å²) in [5.41, 5.74) is 0.398. The second-order valence-electron chi connectivity index (χ2n) is 6.85. The van der Waals surface area contributed by atoms with Crippen LogP contribution < -0.4 is 9.80 Å². The summed E-state index contributed by atoms with van der Waals surface area (Å²) in [6, 6.07) is 2.03. The van der Waals surface area contributed by atoms with Gasteiger partial charge in [0.1, 0.15) is 5.82 Å². The highest BCUT2D eigenvalue weighted by atomic mass is 16.4. The Bertz CT molecular complexity index is 523. The molecule has 0 unspecified atom stereocenters. The maximum Gasteiger partial charge on any atom is 0.309 e. The van der Waals surface area contributed by atoms with Crippen LogP contribution in [0.1, 0.15) is 45.2 Å². The van der Waals surface area contributed by atoms with Gasteiger partial charge in [-0.1, -0.05) is 13.8 Å². The topological polar surface area (TPSA) is 69.6 Å². The van der Waals surface area contributed by atoms with Gasteiger partial charge < -0.3 is 14.9 Å². The zero-order valence-electron chi connectivity index (χ0n) is 14.1. The van der Waals surface area contributed by atoms with Crippen molar-refractivity contribution in [2.45, 2.75) is 39.5 Å². The standard InChI is InChI=1S/C16H26N4O2/c1-11(2)12-10-13(18-15(17-12)19(4)5)20-8-6-16(3,7-9-20)14(21)22/h10-11H,6-9H2,1-5H3,(H,21,22). The lowest BCUT2D eigenvalue weighted by Gasteiger charge is -2.37. The van der Waals surface area contributed by atoms with Gasteiger partial charge in [-0.25, -0.2) is 4.98 Å². The van der Waals surface area contributed by atoms with Gasteiger partial charge in [-0.15, -0.1) is 0 Å². The van der Waals surface area contributed by atoms with Crippen LogP contribution in [0.5, 0.6) is 0 Å². The van der Waals surface area contributed by atoms with Gasteiger partial charge in [0.25, 0.3) is 0 Å². The second kappa shape index (κ2) is 6.10. The molecular formula is C16H26N4O2. The fraction of sp³-hybridized carbons (Fsp3) is 0.688. The minimum absolute atomic E-state index is 0.328. The van der Waals surface area contributed by atoms with E-state index < -0.39 is 11.4 Å². The predicted octanol–water partition coefficient (Wildman–Crippen LogP) is 2.36. The molecule has 0 aromatic carbocycles. The maximum atomic E-state index is 11.4. The molecule has 2 heterocycles. The van der Waals surface area contributed by atoms with Gasteiger partial charge in [0, 0.05) is 33.3 Å². The van der Waals surface area contributed by atoms with Crippen LogP contribution in [0, 0.1) is 5.41 Å². The lowest BCUT2D eigenvalue weighted by atomic mass is 9.80. The lowest BCUT2D eigenvalue weighted by Crippen LogP contribution is -2.43. The molecule has 0 saturated carbocycles. The number of hydrogen-bond acceptors (Lipinski definition) is 5. The van der Waals surface area contributed by atoms with Gasteiger partial charge in [-0.2, -0.15) is 4.98 Å². The van der Waals surface area contributed by atoms with E-state index in [1.54, 1.807) is 0 Å². The first-order chi connectivity index (χ1) is 10.2. The number of hydrogen-bond donors (Lipinski definition) is 1. The summed E-state index contributed by atoms with van der Waals surface area (Å²) in [5.74, 6) is 1.23. The number of aliphatic carboxylic acids is 1. The van der Waals surface area contributed by atoms with E-state index in [1.807, 2.05) is 32.0 Å². The van der Waals surface area contributed by atoms with E-state index in [4.69, 9.17) is 0 Å². The molecule has 122 valence electrons. The van der Waals surface area contributed by atoms with Gasteiger partial charge in [0.05, 0.1) is 11.1 Å². The molecule has 1 aromatic rings. The minimum atomic E-state index is -0.702. The van der Waals surface area contributed by atoms with Crippen molar-refractivity contribution in [3.63, 3.8) is 0 Å². The summed E-state index contributed by atoms with van der Waals surface area (Å²) >= 11 is 0. The van der Waals surface area contributed by atoms with Gasteiger partial charge in [0.2, 0.25) is 5.95 Å². The predicted molar refractivity (Wildman–Crippen MR) is 87.6 cm³/mol. The van der Waals surface area contributed by atoms with Crippen molar-refractivity contribution in [1.29, 1.82) is 0 Å². The molecule has 1 aliphatic rings. The number of anilines is 2. The number of rotatable bonds is 4. The van der Waals surface area contributed by atoms with E-state index >= 15 is 0 Å². The Morgan fingerprint density at radius 2 is 1.91 bits per heavy atom. The molecule has 6 heteroatoms. The summed E-state index contributed by atoms with van der Waals surface area (Å²) in [4.78, 5) is 24.6. The van der Waals surface area contributed by atoms with E-state index in [0.717, 1.165) is 11.5 Å². The van der Waals surface area contributed by atoms with E-state index in [2.05, 4.69) is 28.7 Å². The van der Waals surface area contributed by atoms with Crippen molar-refractivity contribution < 1.29 is 9.90 Å². The van der Waals surface area contributed by atoms with Gasteiger partial charge >= 0.3 is 5.97 Å². The summed E-state index contributed by atoms with van der Waals surface area (Å²) in [6.45, 7) is 7.48. The highest BCUT2D eigenvalue weighted by Crippen LogP contribution is 2.33. The van der Waals surface area contributed by atoms with Crippen molar-refractivity contribution in [3.05, 3.63) is 11.8 Å². The first kappa shape index (κ1) is 16.5. The SMILES string of the molecule is CC(C)c1cc(N2CCC(C)(C(=O)O)CC2)nc(N(C)C)n1. The van der Waals surface area contributed by atoms with E-state index in [1.165, 1.54) is 0 Å². The molecule has 1 N–H and O–H groups in total.